The predicted molar refractivity (Wildman–Crippen MR) is 86.0 cm³/mol. The summed E-state index contributed by atoms with van der Waals surface area (Å²) in [5.74, 6) is -0.310. The molecule has 1 aromatic rings. The number of rotatable bonds is 7. The minimum absolute atomic E-state index is 0.0297. The van der Waals surface area contributed by atoms with Crippen molar-refractivity contribution in [2.24, 2.45) is 17.6 Å². The number of hydrogen-bond acceptors (Lipinski definition) is 3. The second-order valence-electron chi connectivity index (χ2n) is 5.43. The van der Waals surface area contributed by atoms with Gasteiger partial charge in [0.05, 0.1) is 5.92 Å². The Morgan fingerprint density at radius 3 is 1.90 bits per heavy atom. The van der Waals surface area contributed by atoms with Crippen molar-refractivity contribution in [2.45, 2.75) is 33.6 Å². The zero-order valence-corrected chi connectivity index (χ0v) is 13.0. The van der Waals surface area contributed by atoms with Crippen molar-refractivity contribution in [1.29, 1.82) is 0 Å². The first-order valence-electron chi connectivity index (χ1n) is 7.39. The van der Waals surface area contributed by atoms with Gasteiger partial charge < -0.3 is 16.4 Å². The summed E-state index contributed by atoms with van der Waals surface area (Å²) >= 11 is 0. The van der Waals surface area contributed by atoms with Gasteiger partial charge in [0.25, 0.3) is 0 Å². The molecule has 5 nitrogen and oxygen atoms in total. The number of anilines is 2. The van der Waals surface area contributed by atoms with Crippen molar-refractivity contribution in [1.82, 2.24) is 0 Å². The van der Waals surface area contributed by atoms with Gasteiger partial charge in [-0.2, -0.15) is 0 Å². The molecule has 116 valence electrons. The molecule has 1 atom stereocenters. The van der Waals surface area contributed by atoms with Gasteiger partial charge in [0.15, 0.2) is 0 Å². The highest BCUT2D eigenvalue weighted by Crippen LogP contribution is 2.16. The Kier molecular flexibility index (Phi) is 6.88. The molecule has 21 heavy (non-hydrogen) atoms. The summed E-state index contributed by atoms with van der Waals surface area (Å²) in [6, 6.07) is 7.08. The maximum absolute atomic E-state index is 12.0. The third-order valence-electron chi connectivity index (χ3n) is 3.24. The Morgan fingerprint density at radius 2 is 1.52 bits per heavy atom. The lowest BCUT2D eigenvalue weighted by Crippen LogP contribution is -2.29. The number of carbonyl (C=O) groups excluding carboxylic acids is 2. The first-order chi connectivity index (χ1) is 9.97. The summed E-state index contributed by atoms with van der Waals surface area (Å²) in [6.45, 7) is 6.06. The highest BCUT2D eigenvalue weighted by molar-refractivity contribution is 5.94. The van der Waals surface area contributed by atoms with Gasteiger partial charge in [0.1, 0.15) is 0 Å². The first-order valence-corrected chi connectivity index (χ1v) is 7.39. The topological polar surface area (TPSA) is 84.2 Å². The van der Waals surface area contributed by atoms with E-state index in [1.165, 1.54) is 0 Å². The smallest absolute Gasteiger partial charge is 0.228 e. The SMILES string of the molecule is CCCC(CN)C(=O)Nc1ccc(NC(=O)C(C)C)cc1. The quantitative estimate of drug-likeness (QED) is 0.722. The average Bonchev–Trinajstić information content (AvgIpc) is 2.46. The number of nitrogens with two attached hydrogens (primary N) is 1. The van der Waals surface area contributed by atoms with E-state index in [9.17, 15) is 9.59 Å². The van der Waals surface area contributed by atoms with Crippen molar-refractivity contribution < 1.29 is 9.59 Å². The van der Waals surface area contributed by atoms with Crippen LogP contribution in [-0.4, -0.2) is 18.4 Å². The van der Waals surface area contributed by atoms with Crippen LogP contribution < -0.4 is 16.4 Å². The highest BCUT2D eigenvalue weighted by Gasteiger charge is 2.15. The molecule has 0 saturated carbocycles. The zero-order valence-electron chi connectivity index (χ0n) is 13.0. The molecule has 0 radical (unpaired) electrons. The second kappa shape index (κ2) is 8.42. The molecule has 0 aliphatic heterocycles. The van der Waals surface area contributed by atoms with Gasteiger partial charge in [-0.15, -0.1) is 0 Å². The van der Waals surface area contributed by atoms with Crippen LogP contribution in [-0.2, 0) is 9.59 Å². The molecular formula is C16H25N3O2. The number of hydrogen-bond donors (Lipinski definition) is 3. The van der Waals surface area contributed by atoms with Crippen LogP contribution in [0.25, 0.3) is 0 Å². The van der Waals surface area contributed by atoms with E-state index >= 15 is 0 Å². The summed E-state index contributed by atoms with van der Waals surface area (Å²) in [4.78, 5) is 23.6. The van der Waals surface area contributed by atoms with Crippen LogP contribution >= 0.6 is 0 Å². The fourth-order valence-electron chi connectivity index (χ4n) is 1.87. The molecule has 0 aliphatic rings. The van der Waals surface area contributed by atoms with Crippen LogP contribution in [0.15, 0.2) is 24.3 Å². The molecule has 0 fully saturated rings. The summed E-state index contributed by atoms with van der Waals surface area (Å²) in [6.07, 6.45) is 1.71. The number of carbonyl (C=O) groups is 2. The Morgan fingerprint density at radius 1 is 1.05 bits per heavy atom. The number of benzene rings is 1. The molecule has 0 saturated heterocycles. The molecule has 0 bridgehead atoms. The molecule has 1 unspecified atom stereocenters. The first kappa shape index (κ1) is 17.2. The molecule has 0 heterocycles. The standard InChI is InChI=1S/C16H25N3O2/c1-4-5-12(10-17)16(21)19-14-8-6-13(7-9-14)18-15(20)11(2)3/h6-9,11-12H,4-5,10,17H2,1-3H3,(H,18,20)(H,19,21). The molecule has 0 aliphatic carbocycles. The van der Waals surface area contributed by atoms with Crippen molar-refractivity contribution in [2.75, 3.05) is 17.2 Å². The molecule has 4 N–H and O–H groups in total. The lowest BCUT2D eigenvalue weighted by Gasteiger charge is -2.14. The molecule has 0 aromatic heterocycles. The second-order valence-corrected chi connectivity index (χ2v) is 5.43. The van der Waals surface area contributed by atoms with E-state index < -0.39 is 0 Å². The van der Waals surface area contributed by atoms with E-state index in [1.807, 2.05) is 20.8 Å². The molecule has 2 amide bonds. The van der Waals surface area contributed by atoms with Crippen LogP contribution in [0.2, 0.25) is 0 Å². The Bertz CT molecular complexity index is 469. The third kappa shape index (κ3) is 5.55. The Labute approximate surface area is 126 Å². The van der Waals surface area contributed by atoms with Gasteiger partial charge >= 0.3 is 0 Å². The molecule has 1 aromatic carbocycles. The van der Waals surface area contributed by atoms with Gasteiger partial charge in [-0.05, 0) is 30.7 Å². The van der Waals surface area contributed by atoms with Gasteiger partial charge in [-0.3, -0.25) is 9.59 Å². The molecule has 1 rings (SSSR count). The van der Waals surface area contributed by atoms with Crippen LogP contribution in [0.3, 0.4) is 0 Å². The van der Waals surface area contributed by atoms with Crippen LogP contribution in [0.1, 0.15) is 33.6 Å². The van der Waals surface area contributed by atoms with E-state index in [4.69, 9.17) is 5.73 Å². The minimum atomic E-state index is -0.157. The summed E-state index contributed by atoms with van der Waals surface area (Å²) in [5.41, 5.74) is 7.04. The summed E-state index contributed by atoms with van der Waals surface area (Å²) in [7, 11) is 0. The number of nitrogens with one attached hydrogen (secondary N) is 2. The van der Waals surface area contributed by atoms with Crippen LogP contribution in [0.5, 0.6) is 0 Å². The highest BCUT2D eigenvalue weighted by atomic mass is 16.2. The third-order valence-corrected chi connectivity index (χ3v) is 3.24. The summed E-state index contributed by atoms with van der Waals surface area (Å²) < 4.78 is 0. The lowest BCUT2D eigenvalue weighted by molar-refractivity contribution is -0.120. The maximum Gasteiger partial charge on any atom is 0.228 e. The van der Waals surface area contributed by atoms with Crippen LogP contribution in [0.4, 0.5) is 11.4 Å². The van der Waals surface area contributed by atoms with Crippen LogP contribution in [0, 0.1) is 11.8 Å². The van der Waals surface area contributed by atoms with E-state index in [1.54, 1.807) is 24.3 Å². The van der Waals surface area contributed by atoms with Gasteiger partial charge in [-0.1, -0.05) is 27.2 Å². The van der Waals surface area contributed by atoms with Gasteiger partial charge in [-0.25, -0.2) is 0 Å². The Balaban J connectivity index is 2.62. The van der Waals surface area contributed by atoms with Gasteiger partial charge in [0.2, 0.25) is 11.8 Å². The van der Waals surface area contributed by atoms with Crippen molar-refractivity contribution in [3.8, 4) is 0 Å². The molecule has 5 heteroatoms. The fraction of sp³-hybridized carbons (Fsp3) is 0.500. The normalized spacial score (nSPS) is 12.0. The van der Waals surface area contributed by atoms with E-state index in [2.05, 4.69) is 10.6 Å². The predicted octanol–water partition coefficient (Wildman–Crippen LogP) is 2.59. The number of amides is 2. The Hall–Kier alpha value is -1.88. The van der Waals surface area contributed by atoms with Gasteiger partial charge in [0, 0.05) is 23.8 Å². The van der Waals surface area contributed by atoms with Crippen molar-refractivity contribution >= 4 is 23.2 Å². The maximum atomic E-state index is 12.0. The van der Waals surface area contributed by atoms with E-state index in [-0.39, 0.29) is 23.7 Å². The lowest BCUT2D eigenvalue weighted by atomic mass is 10.0. The monoisotopic (exact) mass is 291 g/mol. The average molecular weight is 291 g/mol. The molecule has 0 spiro atoms. The zero-order chi connectivity index (χ0) is 15.8. The van der Waals surface area contributed by atoms with Crippen molar-refractivity contribution in [3.63, 3.8) is 0 Å². The minimum Gasteiger partial charge on any atom is -0.330 e. The van der Waals surface area contributed by atoms with E-state index in [0.29, 0.717) is 12.2 Å². The molecular weight excluding hydrogens is 266 g/mol. The fourth-order valence-corrected chi connectivity index (χ4v) is 1.87. The summed E-state index contributed by atoms with van der Waals surface area (Å²) in [5, 5.41) is 5.65. The largest absolute Gasteiger partial charge is 0.330 e. The van der Waals surface area contributed by atoms with E-state index in [0.717, 1.165) is 18.5 Å². The van der Waals surface area contributed by atoms with Crippen molar-refractivity contribution in [3.05, 3.63) is 24.3 Å².